The van der Waals surface area contributed by atoms with E-state index in [0.29, 0.717) is 18.8 Å². The molecule has 0 saturated carbocycles. The van der Waals surface area contributed by atoms with Crippen molar-refractivity contribution in [1.29, 1.82) is 0 Å². The van der Waals surface area contributed by atoms with E-state index in [1.54, 1.807) is 23.9 Å². The fourth-order valence-corrected chi connectivity index (χ4v) is 2.00. The van der Waals surface area contributed by atoms with Crippen LogP contribution in [0.25, 0.3) is 0 Å². The van der Waals surface area contributed by atoms with Gasteiger partial charge < -0.3 is 14.5 Å². The summed E-state index contributed by atoms with van der Waals surface area (Å²) in [5, 5.41) is 16.6. The normalized spacial score (nSPS) is 10.6. The van der Waals surface area contributed by atoms with E-state index in [4.69, 9.17) is 9.63 Å². The molecule has 1 amide bonds. The summed E-state index contributed by atoms with van der Waals surface area (Å²) in [7, 11) is 0. The average Bonchev–Trinajstić information content (AvgIpc) is 3.09. The molecule has 0 aromatic carbocycles. The first-order valence-corrected chi connectivity index (χ1v) is 6.95. The van der Waals surface area contributed by atoms with Crippen LogP contribution in [0.3, 0.4) is 0 Å². The lowest BCUT2D eigenvalue weighted by Gasteiger charge is -2.18. The second-order valence-electron chi connectivity index (χ2n) is 4.92. The second-order valence-corrected chi connectivity index (χ2v) is 4.92. The highest BCUT2D eigenvalue weighted by atomic mass is 16.5. The van der Waals surface area contributed by atoms with E-state index in [1.165, 1.54) is 4.90 Å². The Morgan fingerprint density at radius 2 is 2.23 bits per heavy atom. The molecular weight excluding hydrogens is 288 g/mol. The fourth-order valence-electron chi connectivity index (χ4n) is 2.00. The number of nitrogens with zero attached hydrogens (tertiary/aromatic N) is 4. The topological polar surface area (TPSA) is 101 Å². The molecule has 0 aliphatic rings. The van der Waals surface area contributed by atoms with E-state index in [0.717, 1.165) is 5.56 Å². The van der Waals surface area contributed by atoms with Crippen molar-refractivity contribution in [3.05, 3.63) is 35.5 Å². The van der Waals surface area contributed by atoms with E-state index in [-0.39, 0.29) is 24.6 Å². The third-order valence-electron chi connectivity index (χ3n) is 3.12. The van der Waals surface area contributed by atoms with Crippen molar-refractivity contribution in [3.63, 3.8) is 0 Å². The number of hydrogen-bond donors (Lipinski definition) is 1. The highest BCUT2D eigenvalue weighted by Gasteiger charge is 2.19. The predicted molar refractivity (Wildman–Crippen MR) is 76.4 cm³/mol. The van der Waals surface area contributed by atoms with Gasteiger partial charge in [-0.1, -0.05) is 5.16 Å². The van der Waals surface area contributed by atoms with Crippen LogP contribution in [0.4, 0.5) is 0 Å². The molecule has 0 fully saturated rings. The highest BCUT2D eigenvalue weighted by Crippen LogP contribution is 2.09. The predicted octanol–water partition coefficient (Wildman–Crippen LogP) is 1.16. The molecule has 2 aromatic heterocycles. The van der Waals surface area contributed by atoms with Crippen LogP contribution in [0.15, 0.2) is 23.0 Å². The lowest BCUT2D eigenvalue weighted by Crippen LogP contribution is -2.33. The largest absolute Gasteiger partial charge is 0.481 e. The molecule has 0 radical (unpaired) electrons. The van der Waals surface area contributed by atoms with Crippen LogP contribution < -0.4 is 0 Å². The SMILES string of the molecule is CCN(CCC(=O)O)C(=O)c1cc(Cn2cc(C)cn2)on1. The number of aliphatic carboxylic acids is 1. The minimum absolute atomic E-state index is 0.100. The van der Waals surface area contributed by atoms with Crippen molar-refractivity contribution in [1.82, 2.24) is 19.8 Å². The van der Waals surface area contributed by atoms with Gasteiger partial charge in [0.25, 0.3) is 5.91 Å². The first kappa shape index (κ1) is 15.7. The van der Waals surface area contributed by atoms with Crippen LogP contribution in [0.5, 0.6) is 0 Å². The molecule has 0 bridgehead atoms. The Labute approximate surface area is 127 Å². The van der Waals surface area contributed by atoms with Crippen LogP contribution in [0.2, 0.25) is 0 Å². The molecule has 0 atom stereocenters. The summed E-state index contributed by atoms with van der Waals surface area (Å²) < 4.78 is 6.83. The van der Waals surface area contributed by atoms with Crippen molar-refractivity contribution in [3.8, 4) is 0 Å². The number of aromatic nitrogens is 3. The summed E-state index contributed by atoms with van der Waals surface area (Å²) in [6, 6.07) is 1.56. The van der Waals surface area contributed by atoms with Gasteiger partial charge in [0.15, 0.2) is 11.5 Å². The summed E-state index contributed by atoms with van der Waals surface area (Å²) in [6.07, 6.45) is 3.49. The molecule has 8 heteroatoms. The van der Waals surface area contributed by atoms with Gasteiger partial charge in [-0.2, -0.15) is 5.10 Å². The lowest BCUT2D eigenvalue weighted by molar-refractivity contribution is -0.137. The molecule has 8 nitrogen and oxygen atoms in total. The monoisotopic (exact) mass is 306 g/mol. The number of hydrogen-bond acceptors (Lipinski definition) is 5. The van der Waals surface area contributed by atoms with Crippen molar-refractivity contribution < 1.29 is 19.2 Å². The summed E-state index contributed by atoms with van der Waals surface area (Å²) in [5.41, 5.74) is 1.20. The number of carboxylic acid groups (broad SMARTS) is 1. The maximum atomic E-state index is 12.2. The van der Waals surface area contributed by atoms with Crippen molar-refractivity contribution in [2.45, 2.75) is 26.8 Å². The smallest absolute Gasteiger partial charge is 0.305 e. The van der Waals surface area contributed by atoms with Gasteiger partial charge in [-0.3, -0.25) is 14.3 Å². The molecule has 2 aromatic rings. The molecule has 22 heavy (non-hydrogen) atoms. The standard InChI is InChI=1S/C14H18N4O4/c1-3-17(5-4-13(19)20)14(21)12-6-11(22-16-12)9-18-8-10(2)7-15-18/h6-8H,3-5,9H2,1-2H3,(H,19,20). The Morgan fingerprint density at radius 3 is 2.82 bits per heavy atom. The molecule has 2 rings (SSSR count). The zero-order valence-corrected chi connectivity index (χ0v) is 12.5. The number of rotatable bonds is 7. The number of carboxylic acids is 1. The number of aryl methyl sites for hydroxylation is 1. The van der Waals surface area contributed by atoms with Gasteiger partial charge in [0.05, 0.1) is 12.6 Å². The van der Waals surface area contributed by atoms with Crippen molar-refractivity contribution >= 4 is 11.9 Å². The number of carbonyl (C=O) groups excluding carboxylic acids is 1. The van der Waals surface area contributed by atoms with Gasteiger partial charge in [0, 0.05) is 25.4 Å². The van der Waals surface area contributed by atoms with Crippen molar-refractivity contribution in [2.24, 2.45) is 0 Å². The van der Waals surface area contributed by atoms with Gasteiger partial charge in [-0.05, 0) is 19.4 Å². The first-order valence-electron chi connectivity index (χ1n) is 6.95. The Hall–Kier alpha value is -2.64. The van der Waals surface area contributed by atoms with Crippen molar-refractivity contribution in [2.75, 3.05) is 13.1 Å². The average molecular weight is 306 g/mol. The second kappa shape index (κ2) is 6.88. The van der Waals surface area contributed by atoms with Crippen LogP contribution in [0.1, 0.15) is 35.2 Å². The number of amides is 1. The molecule has 0 saturated heterocycles. The maximum absolute atomic E-state index is 12.2. The van der Waals surface area contributed by atoms with Crippen LogP contribution in [-0.2, 0) is 11.3 Å². The summed E-state index contributed by atoms with van der Waals surface area (Å²) >= 11 is 0. The lowest BCUT2D eigenvalue weighted by atomic mass is 10.3. The highest BCUT2D eigenvalue weighted by molar-refractivity contribution is 5.92. The van der Waals surface area contributed by atoms with Gasteiger partial charge in [0.1, 0.15) is 6.54 Å². The third kappa shape index (κ3) is 3.94. The van der Waals surface area contributed by atoms with Gasteiger partial charge >= 0.3 is 5.97 Å². The molecule has 0 aliphatic carbocycles. The zero-order valence-electron chi connectivity index (χ0n) is 12.5. The molecule has 0 aliphatic heterocycles. The maximum Gasteiger partial charge on any atom is 0.305 e. The molecule has 0 unspecified atom stereocenters. The minimum atomic E-state index is -0.943. The van der Waals surface area contributed by atoms with Gasteiger partial charge in [-0.25, -0.2) is 0 Å². The van der Waals surface area contributed by atoms with E-state index in [2.05, 4.69) is 10.3 Å². The van der Waals surface area contributed by atoms with Gasteiger partial charge in [0.2, 0.25) is 0 Å². The fraction of sp³-hybridized carbons (Fsp3) is 0.429. The molecule has 2 heterocycles. The van der Waals surface area contributed by atoms with Crippen LogP contribution >= 0.6 is 0 Å². The Bertz CT molecular complexity index is 661. The van der Waals surface area contributed by atoms with Gasteiger partial charge in [-0.15, -0.1) is 0 Å². The summed E-state index contributed by atoms with van der Waals surface area (Å²) in [5.74, 6) is -0.766. The summed E-state index contributed by atoms with van der Waals surface area (Å²) in [6.45, 7) is 4.65. The van der Waals surface area contributed by atoms with Crippen LogP contribution in [0, 0.1) is 6.92 Å². The molecule has 1 N–H and O–H groups in total. The Morgan fingerprint density at radius 1 is 1.45 bits per heavy atom. The van der Waals surface area contributed by atoms with Crippen LogP contribution in [-0.4, -0.2) is 49.9 Å². The first-order chi connectivity index (χ1) is 10.5. The minimum Gasteiger partial charge on any atom is -0.481 e. The van der Waals surface area contributed by atoms with E-state index < -0.39 is 5.97 Å². The summed E-state index contributed by atoms with van der Waals surface area (Å²) in [4.78, 5) is 24.3. The Kier molecular flexibility index (Phi) is 4.92. The quantitative estimate of drug-likeness (QED) is 0.823. The van der Waals surface area contributed by atoms with E-state index in [9.17, 15) is 9.59 Å². The number of carbonyl (C=O) groups is 2. The molecule has 118 valence electrons. The molecule has 0 spiro atoms. The Balaban J connectivity index is 2.02. The van der Waals surface area contributed by atoms with E-state index in [1.807, 2.05) is 13.1 Å². The van der Waals surface area contributed by atoms with E-state index >= 15 is 0 Å². The zero-order chi connectivity index (χ0) is 16.1. The molecular formula is C14H18N4O4. The third-order valence-corrected chi connectivity index (χ3v) is 3.12.